The number of nitrogens with zero attached hydrogens (tertiary/aromatic N) is 4. The average molecular weight is 592 g/mol. The highest BCUT2D eigenvalue weighted by atomic mass is 32.2. The number of nitrogens with one attached hydrogen (secondary N) is 1. The van der Waals surface area contributed by atoms with Crippen molar-refractivity contribution in [1.82, 2.24) is 15.0 Å². The number of rotatable bonds is 10. The highest BCUT2D eigenvalue weighted by Gasteiger charge is 2.23. The van der Waals surface area contributed by atoms with Gasteiger partial charge >= 0.3 is 0 Å². The van der Waals surface area contributed by atoms with E-state index in [1.54, 1.807) is 47.3 Å². The molecule has 0 radical (unpaired) electrons. The molecule has 2 aromatic carbocycles. The molecule has 5 rings (SSSR count). The Kier molecular flexibility index (Phi) is 8.94. The zero-order valence-corrected chi connectivity index (χ0v) is 25.0. The fourth-order valence-electron chi connectivity index (χ4n) is 5.00. The first-order valence-corrected chi connectivity index (χ1v) is 15.5. The molecule has 1 amide bonds. The molecule has 0 unspecified atom stereocenters. The number of fused-ring (bicyclic) bond motifs is 3. The zero-order valence-electron chi connectivity index (χ0n) is 23.3. The van der Waals surface area contributed by atoms with Gasteiger partial charge in [0.1, 0.15) is 16.3 Å². The third-order valence-electron chi connectivity index (χ3n) is 7.16. The van der Waals surface area contributed by atoms with Gasteiger partial charge in [-0.15, -0.1) is 11.3 Å². The zero-order chi connectivity index (χ0) is 28.9. The number of aryl methyl sites for hydroxylation is 2. The molecule has 4 aromatic rings. The lowest BCUT2D eigenvalue weighted by Gasteiger charge is -2.21. The molecule has 0 aliphatic heterocycles. The van der Waals surface area contributed by atoms with Gasteiger partial charge in [0.2, 0.25) is 0 Å². The smallest absolute Gasteiger partial charge is 0.267 e. The van der Waals surface area contributed by atoms with Crippen molar-refractivity contribution >= 4 is 51.1 Å². The summed E-state index contributed by atoms with van der Waals surface area (Å²) in [6.07, 6.45) is 5.45. The van der Waals surface area contributed by atoms with Gasteiger partial charge < -0.3 is 14.7 Å². The molecule has 41 heavy (non-hydrogen) atoms. The number of anilines is 1. The van der Waals surface area contributed by atoms with Gasteiger partial charge in [-0.3, -0.25) is 14.2 Å². The summed E-state index contributed by atoms with van der Waals surface area (Å²) in [5, 5.41) is 15.6. The Balaban J connectivity index is 1.36. The molecule has 2 aromatic heterocycles. The number of carbonyl (C=O) groups is 1. The van der Waals surface area contributed by atoms with Gasteiger partial charge in [0.25, 0.3) is 11.5 Å². The van der Waals surface area contributed by atoms with Gasteiger partial charge in [0.15, 0.2) is 5.16 Å². The minimum absolute atomic E-state index is 0.00338. The minimum atomic E-state index is -0.355. The third-order valence-corrected chi connectivity index (χ3v) is 9.28. The van der Waals surface area contributed by atoms with E-state index in [-0.39, 0.29) is 23.0 Å². The molecule has 2 heterocycles. The summed E-state index contributed by atoms with van der Waals surface area (Å²) in [4.78, 5) is 35.5. The Hall–Kier alpha value is -3.83. The van der Waals surface area contributed by atoms with Crippen LogP contribution in [-0.2, 0) is 17.6 Å². The number of amides is 1. The summed E-state index contributed by atoms with van der Waals surface area (Å²) in [7, 11) is 1.59. The molecule has 0 saturated heterocycles. The van der Waals surface area contributed by atoms with Crippen molar-refractivity contribution in [1.29, 1.82) is 0 Å². The van der Waals surface area contributed by atoms with Crippen LogP contribution in [0.4, 0.5) is 5.69 Å². The fraction of sp³-hybridized carbons (Fsp3) is 0.333. The number of thioether (sulfide) groups is 1. The van der Waals surface area contributed by atoms with E-state index >= 15 is 0 Å². The predicted octanol–water partition coefficient (Wildman–Crippen LogP) is 5.13. The maximum Gasteiger partial charge on any atom is 0.267 e. The van der Waals surface area contributed by atoms with Crippen molar-refractivity contribution in [2.45, 2.75) is 44.7 Å². The molecule has 1 aliphatic carbocycles. The first-order chi connectivity index (χ1) is 19.9. The van der Waals surface area contributed by atoms with Crippen LogP contribution in [0.1, 0.15) is 42.7 Å². The molecule has 0 spiro atoms. The number of phenols is 1. The van der Waals surface area contributed by atoms with Crippen LogP contribution in [0, 0.1) is 0 Å². The largest absolute Gasteiger partial charge is 0.507 e. The molecule has 1 aliphatic rings. The lowest BCUT2D eigenvalue weighted by atomic mass is 9.97. The number of aromatic hydroxyl groups is 1. The van der Waals surface area contributed by atoms with Crippen molar-refractivity contribution in [2.24, 2.45) is 5.10 Å². The van der Waals surface area contributed by atoms with Gasteiger partial charge in [-0.25, -0.2) is 10.4 Å². The molecule has 2 N–H and O–H groups in total. The van der Waals surface area contributed by atoms with Crippen LogP contribution < -0.4 is 20.6 Å². The Bertz CT molecular complexity index is 1640. The molecule has 0 saturated carbocycles. The van der Waals surface area contributed by atoms with Gasteiger partial charge in [0.05, 0.1) is 30.2 Å². The van der Waals surface area contributed by atoms with Gasteiger partial charge in [-0.05, 0) is 81.5 Å². The first-order valence-electron chi connectivity index (χ1n) is 13.7. The number of aromatic nitrogens is 2. The lowest BCUT2D eigenvalue weighted by molar-refractivity contribution is -0.118. The van der Waals surface area contributed by atoms with Crippen LogP contribution in [0.3, 0.4) is 0 Å². The Morgan fingerprint density at radius 3 is 2.66 bits per heavy atom. The summed E-state index contributed by atoms with van der Waals surface area (Å²) in [6, 6.07) is 12.6. The highest BCUT2D eigenvalue weighted by molar-refractivity contribution is 7.99. The SMILES string of the molecule is CCN(CC)c1ccc(/C=N/NC(=O)CSc2nc3sc4c(c3c(=O)n2-c2ccc(OC)cc2)CCCC4)c(O)c1. The van der Waals surface area contributed by atoms with Crippen LogP contribution in [0.2, 0.25) is 0 Å². The first kappa shape index (κ1) is 28.7. The van der Waals surface area contributed by atoms with E-state index in [9.17, 15) is 14.7 Å². The second-order valence-corrected chi connectivity index (χ2v) is 11.6. The minimum Gasteiger partial charge on any atom is -0.507 e. The van der Waals surface area contributed by atoms with Crippen LogP contribution in [0.5, 0.6) is 11.5 Å². The number of hydrazone groups is 1. The maximum absolute atomic E-state index is 13.9. The van der Waals surface area contributed by atoms with E-state index in [2.05, 4.69) is 29.3 Å². The molecule has 0 bridgehead atoms. The molecule has 214 valence electrons. The molecule has 0 atom stereocenters. The topological polar surface area (TPSA) is 109 Å². The predicted molar refractivity (Wildman–Crippen MR) is 167 cm³/mol. The van der Waals surface area contributed by atoms with Crippen molar-refractivity contribution in [2.75, 3.05) is 30.9 Å². The number of methoxy groups -OCH3 is 1. The van der Waals surface area contributed by atoms with E-state index in [0.717, 1.165) is 54.9 Å². The number of ether oxygens (including phenoxy) is 1. The van der Waals surface area contributed by atoms with Gasteiger partial charge in [0, 0.05) is 35.3 Å². The summed E-state index contributed by atoms with van der Waals surface area (Å²) in [5.74, 6) is 0.417. The van der Waals surface area contributed by atoms with Gasteiger partial charge in [-0.1, -0.05) is 11.8 Å². The van der Waals surface area contributed by atoms with Crippen molar-refractivity contribution in [3.05, 3.63) is 68.8 Å². The number of phenolic OH excluding ortho intramolecular Hbond substituents is 1. The number of carbonyl (C=O) groups excluding carboxylic acids is 1. The molecular formula is C30H33N5O4S2. The highest BCUT2D eigenvalue weighted by Crippen LogP contribution is 2.35. The molecule has 0 fully saturated rings. The second kappa shape index (κ2) is 12.8. The summed E-state index contributed by atoms with van der Waals surface area (Å²) in [6.45, 7) is 5.78. The lowest BCUT2D eigenvalue weighted by Crippen LogP contribution is -2.24. The second-order valence-electron chi connectivity index (χ2n) is 9.62. The van der Waals surface area contributed by atoms with Crippen molar-refractivity contribution < 1.29 is 14.6 Å². The number of thiophene rings is 1. The van der Waals surface area contributed by atoms with Crippen LogP contribution >= 0.6 is 23.1 Å². The maximum atomic E-state index is 13.9. The number of benzene rings is 2. The van der Waals surface area contributed by atoms with Crippen LogP contribution in [-0.4, -0.2) is 52.7 Å². The Morgan fingerprint density at radius 1 is 1.20 bits per heavy atom. The van der Waals surface area contributed by atoms with E-state index in [0.29, 0.717) is 27.5 Å². The van der Waals surface area contributed by atoms with Crippen LogP contribution in [0.25, 0.3) is 15.9 Å². The average Bonchev–Trinajstić information content (AvgIpc) is 3.36. The van der Waals surface area contributed by atoms with Crippen molar-refractivity contribution in [3.63, 3.8) is 0 Å². The quantitative estimate of drug-likeness (QED) is 0.114. The van der Waals surface area contributed by atoms with E-state index in [4.69, 9.17) is 9.72 Å². The molecule has 11 heteroatoms. The standard InChI is InChI=1S/C30H33N5O4S2/c1-4-34(5-2)21-11-10-19(24(36)16-21)17-31-33-26(37)18-40-30-32-28-27(23-8-6-7-9-25(23)41-28)29(38)35(30)20-12-14-22(39-3)15-13-20/h10-17,36H,4-9,18H2,1-3H3,(H,33,37)/b31-17+. The third kappa shape index (κ3) is 6.11. The summed E-state index contributed by atoms with van der Waals surface area (Å²) < 4.78 is 6.87. The Labute approximate surface area is 246 Å². The van der Waals surface area contributed by atoms with E-state index in [1.807, 2.05) is 18.2 Å². The number of hydrogen-bond donors (Lipinski definition) is 2. The molecule has 9 nitrogen and oxygen atoms in total. The van der Waals surface area contributed by atoms with Gasteiger partial charge in [-0.2, -0.15) is 5.10 Å². The van der Waals surface area contributed by atoms with E-state index in [1.165, 1.54) is 22.9 Å². The van der Waals surface area contributed by atoms with Crippen LogP contribution in [0.15, 0.2) is 57.5 Å². The summed E-state index contributed by atoms with van der Waals surface area (Å²) >= 11 is 2.76. The number of hydrogen-bond acceptors (Lipinski definition) is 9. The fourth-order valence-corrected chi connectivity index (χ4v) is 7.11. The monoisotopic (exact) mass is 591 g/mol. The summed E-state index contributed by atoms with van der Waals surface area (Å²) in [5.41, 5.74) is 5.59. The van der Waals surface area contributed by atoms with Crippen molar-refractivity contribution in [3.8, 4) is 17.2 Å². The van der Waals surface area contributed by atoms with E-state index < -0.39 is 0 Å². The molecular weight excluding hydrogens is 558 g/mol. The normalized spacial score (nSPS) is 13.0. The Morgan fingerprint density at radius 2 is 1.95 bits per heavy atom.